The van der Waals surface area contributed by atoms with E-state index < -0.39 is 18.1 Å². The Morgan fingerprint density at radius 2 is 2.17 bits per heavy atom. The summed E-state index contributed by atoms with van der Waals surface area (Å²) in [5, 5.41) is 8.73. The molecule has 0 unspecified atom stereocenters. The van der Waals surface area contributed by atoms with E-state index in [9.17, 15) is 9.59 Å². The van der Waals surface area contributed by atoms with Crippen molar-refractivity contribution in [2.45, 2.75) is 26.0 Å². The van der Waals surface area contributed by atoms with Gasteiger partial charge in [0.25, 0.3) is 0 Å². The summed E-state index contributed by atoms with van der Waals surface area (Å²) in [6.45, 7) is 3.05. The predicted molar refractivity (Wildman–Crippen MR) is 39.4 cm³/mol. The molecule has 1 saturated heterocycles. The molecule has 0 spiro atoms. The Morgan fingerprint density at radius 3 is 2.50 bits per heavy atom. The maximum atomic E-state index is 10.9. The molecule has 68 valence electrons. The lowest BCUT2D eigenvalue weighted by molar-refractivity contribution is -0.147. The van der Waals surface area contributed by atoms with Gasteiger partial charge in [0.05, 0.1) is 6.10 Å². The fourth-order valence-corrected chi connectivity index (χ4v) is 1.24. The molecule has 2 atom stereocenters. The number of carboxylic acid groups (broad SMARTS) is 1. The van der Waals surface area contributed by atoms with Crippen molar-refractivity contribution in [2.24, 2.45) is 0 Å². The summed E-state index contributed by atoms with van der Waals surface area (Å²) in [5.74, 6) is -1.29. The van der Waals surface area contributed by atoms with E-state index in [4.69, 9.17) is 9.84 Å². The van der Waals surface area contributed by atoms with E-state index >= 15 is 0 Å². The average Bonchev–Trinajstić information content (AvgIpc) is 2.30. The van der Waals surface area contributed by atoms with E-state index in [1.165, 1.54) is 11.8 Å². The molecule has 1 aliphatic heterocycles. The van der Waals surface area contributed by atoms with Crippen LogP contribution in [0.4, 0.5) is 0 Å². The van der Waals surface area contributed by atoms with E-state index in [-0.39, 0.29) is 12.6 Å². The van der Waals surface area contributed by atoms with Crippen molar-refractivity contribution in [3.63, 3.8) is 0 Å². The van der Waals surface area contributed by atoms with Crippen molar-refractivity contribution in [3.8, 4) is 0 Å². The van der Waals surface area contributed by atoms with Crippen molar-refractivity contribution in [3.05, 3.63) is 0 Å². The van der Waals surface area contributed by atoms with Crippen LogP contribution in [0.1, 0.15) is 13.8 Å². The molecular weight excluding hydrogens is 162 g/mol. The first kappa shape index (κ1) is 8.99. The minimum Gasteiger partial charge on any atom is -0.480 e. The first-order chi connectivity index (χ1) is 5.54. The number of carbonyl (C=O) groups excluding carboxylic acids is 1. The third-order valence-corrected chi connectivity index (χ3v) is 1.91. The summed E-state index contributed by atoms with van der Waals surface area (Å²) in [4.78, 5) is 22.7. The molecule has 0 radical (unpaired) electrons. The maximum Gasteiger partial charge on any atom is 0.329 e. The lowest BCUT2D eigenvalue weighted by Crippen LogP contribution is -2.43. The van der Waals surface area contributed by atoms with Crippen molar-refractivity contribution in [1.82, 2.24) is 4.90 Å². The van der Waals surface area contributed by atoms with Crippen LogP contribution < -0.4 is 0 Å². The number of carbonyl (C=O) groups is 2. The second-order valence-corrected chi connectivity index (χ2v) is 2.77. The second kappa shape index (κ2) is 3.10. The van der Waals surface area contributed by atoms with Crippen molar-refractivity contribution in [1.29, 1.82) is 0 Å². The van der Waals surface area contributed by atoms with Gasteiger partial charge in [-0.1, -0.05) is 0 Å². The van der Waals surface area contributed by atoms with Gasteiger partial charge in [-0.25, -0.2) is 4.79 Å². The fraction of sp³-hybridized carbons (Fsp3) is 0.714. The highest BCUT2D eigenvalue weighted by molar-refractivity contribution is 5.83. The van der Waals surface area contributed by atoms with Crippen molar-refractivity contribution in [2.75, 3.05) is 6.73 Å². The largest absolute Gasteiger partial charge is 0.480 e. The third kappa shape index (κ3) is 1.40. The standard InChI is InChI=1S/C7H11NO4/c1-4-6(7(10)11)8(3-12-4)5(2)9/h4,6H,3H2,1-2H3,(H,10,11)/t4-,6+/m0/s1. The van der Waals surface area contributed by atoms with Crippen LogP contribution in [0.2, 0.25) is 0 Å². The molecule has 5 nitrogen and oxygen atoms in total. The molecule has 12 heavy (non-hydrogen) atoms. The highest BCUT2D eigenvalue weighted by Crippen LogP contribution is 2.16. The maximum absolute atomic E-state index is 10.9. The van der Waals surface area contributed by atoms with Crippen molar-refractivity contribution >= 4 is 11.9 Å². The Morgan fingerprint density at radius 1 is 1.58 bits per heavy atom. The molecule has 0 aromatic rings. The Hall–Kier alpha value is -1.10. The van der Waals surface area contributed by atoms with Crippen LogP contribution in [0.15, 0.2) is 0 Å². The van der Waals surface area contributed by atoms with Crippen LogP contribution >= 0.6 is 0 Å². The van der Waals surface area contributed by atoms with Crippen LogP contribution in [0.3, 0.4) is 0 Å². The SMILES string of the molecule is CC(=O)N1CO[C@@H](C)[C@@H]1C(=O)O. The molecule has 5 heteroatoms. The number of rotatable bonds is 1. The summed E-state index contributed by atoms with van der Waals surface area (Å²) in [7, 11) is 0. The van der Waals surface area contributed by atoms with Gasteiger partial charge in [0, 0.05) is 6.92 Å². The third-order valence-electron chi connectivity index (χ3n) is 1.91. The lowest BCUT2D eigenvalue weighted by atomic mass is 10.2. The molecular formula is C7H11NO4. The zero-order valence-corrected chi connectivity index (χ0v) is 6.98. The fourth-order valence-electron chi connectivity index (χ4n) is 1.24. The molecule has 1 amide bonds. The topological polar surface area (TPSA) is 66.8 Å². The van der Waals surface area contributed by atoms with E-state index in [0.29, 0.717) is 0 Å². The minimum atomic E-state index is -1.02. The van der Waals surface area contributed by atoms with Gasteiger partial charge in [0.1, 0.15) is 6.73 Å². The van der Waals surface area contributed by atoms with Crippen LogP contribution in [-0.2, 0) is 14.3 Å². The van der Waals surface area contributed by atoms with E-state index in [1.54, 1.807) is 6.92 Å². The molecule has 0 aliphatic carbocycles. The quantitative estimate of drug-likeness (QED) is 0.589. The highest BCUT2D eigenvalue weighted by atomic mass is 16.5. The van der Waals surface area contributed by atoms with Gasteiger partial charge in [-0.2, -0.15) is 0 Å². The molecule has 1 N–H and O–H groups in total. The Kier molecular flexibility index (Phi) is 2.32. The summed E-state index contributed by atoms with van der Waals surface area (Å²) in [6.07, 6.45) is -0.425. The van der Waals surface area contributed by atoms with Gasteiger partial charge in [0.2, 0.25) is 5.91 Å². The van der Waals surface area contributed by atoms with Crippen LogP contribution in [0, 0.1) is 0 Å². The second-order valence-electron chi connectivity index (χ2n) is 2.77. The number of hydrogen-bond acceptors (Lipinski definition) is 3. The highest BCUT2D eigenvalue weighted by Gasteiger charge is 2.39. The number of carboxylic acids is 1. The van der Waals surface area contributed by atoms with Crippen LogP contribution in [-0.4, -0.2) is 40.8 Å². The van der Waals surface area contributed by atoms with Gasteiger partial charge in [-0.15, -0.1) is 0 Å². The molecule has 1 rings (SSSR count). The zero-order valence-electron chi connectivity index (χ0n) is 6.98. The molecule has 0 bridgehead atoms. The van der Waals surface area contributed by atoms with Gasteiger partial charge < -0.3 is 14.7 Å². The minimum absolute atomic E-state index is 0.0769. The number of nitrogens with zero attached hydrogens (tertiary/aromatic N) is 1. The summed E-state index contributed by atoms with van der Waals surface area (Å²) in [5.41, 5.74) is 0. The summed E-state index contributed by atoms with van der Waals surface area (Å²) in [6, 6.07) is -0.831. The smallest absolute Gasteiger partial charge is 0.329 e. The Balaban J connectivity index is 2.77. The lowest BCUT2D eigenvalue weighted by Gasteiger charge is -2.18. The first-order valence-corrected chi connectivity index (χ1v) is 3.65. The molecule has 0 aromatic carbocycles. The normalized spacial score (nSPS) is 29.0. The molecule has 1 aliphatic rings. The van der Waals surface area contributed by atoms with Gasteiger partial charge in [-0.3, -0.25) is 4.79 Å². The summed E-state index contributed by atoms with van der Waals surface area (Å²) >= 11 is 0. The molecule has 1 heterocycles. The summed E-state index contributed by atoms with van der Waals surface area (Å²) < 4.78 is 5.02. The van der Waals surface area contributed by atoms with Gasteiger partial charge in [-0.05, 0) is 6.92 Å². The molecule has 1 fully saturated rings. The first-order valence-electron chi connectivity index (χ1n) is 3.65. The zero-order chi connectivity index (χ0) is 9.30. The van der Waals surface area contributed by atoms with Gasteiger partial charge >= 0.3 is 5.97 Å². The Labute approximate surface area is 69.9 Å². The average molecular weight is 173 g/mol. The number of aliphatic carboxylic acids is 1. The van der Waals surface area contributed by atoms with Gasteiger partial charge in [0.15, 0.2) is 6.04 Å². The van der Waals surface area contributed by atoms with Crippen LogP contribution in [0.5, 0.6) is 0 Å². The van der Waals surface area contributed by atoms with E-state index in [2.05, 4.69) is 0 Å². The monoisotopic (exact) mass is 173 g/mol. The number of hydrogen-bond donors (Lipinski definition) is 1. The number of amides is 1. The van der Waals surface area contributed by atoms with Crippen molar-refractivity contribution < 1.29 is 19.4 Å². The molecule has 0 saturated carbocycles. The number of ether oxygens (including phenoxy) is 1. The Bertz CT molecular complexity index is 215. The predicted octanol–water partition coefficient (Wildman–Crippen LogP) is -0.336. The van der Waals surface area contributed by atoms with Crippen LogP contribution in [0.25, 0.3) is 0 Å². The van der Waals surface area contributed by atoms with E-state index in [1.807, 2.05) is 0 Å². The van der Waals surface area contributed by atoms with E-state index in [0.717, 1.165) is 0 Å². The molecule has 0 aromatic heterocycles.